The van der Waals surface area contributed by atoms with E-state index in [0.717, 1.165) is 31.0 Å². The highest BCUT2D eigenvalue weighted by molar-refractivity contribution is 6.00. The maximum atomic E-state index is 13.3. The van der Waals surface area contributed by atoms with E-state index >= 15 is 0 Å². The zero-order valence-corrected chi connectivity index (χ0v) is 12.5. The Morgan fingerprint density at radius 1 is 1.26 bits per heavy atom. The van der Waals surface area contributed by atoms with Crippen LogP contribution in [0.3, 0.4) is 0 Å². The molecular formula is C16H18F2N2O3. The molecule has 7 heteroatoms. The van der Waals surface area contributed by atoms with Crippen LogP contribution in [0.2, 0.25) is 0 Å². The number of rotatable bonds is 3. The van der Waals surface area contributed by atoms with Crippen molar-refractivity contribution in [1.82, 2.24) is 4.90 Å². The van der Waals surface area contributed by atoms with E-state index in [1.807, 2.05) is 0 Å². The summed E-state index contributed by atoms with van der Waals surface area (Å²) < 4.78 is 26.7. The van der Waals surface area contributed by atoms with Gasteiger partial charge in [0, 0.05) is 31.3 Å². The number of amides is 2. The van der Waals surface area contributed by atoms with Crippen molar-refractivity contribution >= 4 is 17.5 Å². The van der Waals surface area contributed by atoms with E-state index in [0.29, 0.717) is 6.54 Å². The van der Waals surface area contributed by atoms with Crippen LogP contribution in [0, 0.1) is 17.6 Å². The monoisotopic (exact) mass is 324 g/mol. The Morgan fingerprint density at radius 2 is 1.96 bits per heavy atom. The Labute approximate surface area is 132 Å². The van der Waals surface area contributed by atoms with E-state index in [4.69, 9.17) is 0 Å². The number of benzene rings is 1. The summed E-state index contributed by atoms with van der Waals surface area (Å²) in [5, 5.41) is 9.32. The Hall–Kier alpha value is -2.02. The van der Waals surface area contributed by atoms with Crippen molar-refractivity contribution in [3.63, 3.8) is 0 Å². The molecular weight excluding hydrogens is 306 g/mol. The van der Waals surface area contributed by atoms with Crippen LogP contribution in [-0.4, -0.2) is 47.6 Å². The maximum Gasteiger partial charge on any atom is 0.228 e. The second-order valence-corrected chi connectivity index (χ2v) is 6.04. The van der Waals surface area contributed by atoms with Crippen molar-refractivity contribution in [2.24, 2.45) is 5.92 Å². The first kappa shape index (κ1) is 15.9. The molecule has 2 amide bonds. The number of hydrogen-bond donors (Lipinski definition) is 1. The normalized spacial score (nSPS) is 24.6. The van der Waals surface area contributed by atoms with E-state index in [1.54, 1.807) is 4.90 Å². The number of anilines is 1. The van der Waals surface area contributed by atoms with Crippen LogP contribution in [0.25, 0.3) is 0 Å². The van der Waals surface area contributed by atoms with Gasteiger partial charge in [0.15, 0.2) is 0 Å². The molecule has 124 valence electrons. The Morgan fingerprint density at radius 3 is 2.61 bits per heavy atom. The lowest BCUT2D eigenvalue weighted by atomic mass is 10.1. The van der Waals surface area contributed by atoms with E-state index < -0.39 is 17.6 Å². The van der Waals surface area contributed by atoms with Gasteiger partial charge in [-0.3, -0.25) is 9.59 Å². The molecule has 1 aromatic carbocycles. The van der Waals surface area contributed by atoms with Crippen LogP contribution in [0.1, 0.15) is 19.3 Å². The molecule has 0 aliphatic carbocycles. The lowest BCUT2D eigenvalue weighted by molar-refractivity contribution is -0.137. The van der Waals surface area contributed by atoms with Crippen LogP contribution >= 0.6 is 0 Å². The molecule has 2 aliphatic rings. The number of carbonyl (C=O) groups excluding carboxylic acids is 2. The number of carbonyl (C=O) groups is 2. The second-order valence-electron chi connectivity index (χ2n) is 6.04. The minimum absolute atomic E-state index is 0.0195. The predicted octanol–water partition coefficient (Wildman–Crippen LogP) is 1.30. The van der Waals surface area contributed by atoms with E-state index in [2.05, 4.69) is 0 Å². The van der Waals surface area contributed by atoms with Gasteiger partial charge >= 0.3 is 0 Å². The average Bonchev–Trinajstić information content (AvgIpc) is 3.11. The van der Waals surface area contributed by atoms with Crippen molar-refractivity contribution in [2.45, 2.75) is 25.3 Å². The van der Waals surface area contributed by atoms with Gasteiger partial charge in [-0.1, -0.05) is 0 Å². The highest BCUT2D eigenvalue weighted by Gasteiger charge is 2.40. The second kappa shape index (κ2) is 6.23. The molecule has 2 saturated heterocycles. The van der Waals surface area contributed by atoms with Gasteiger partial charge in [-0.15, -0.1) is 0 Å². The summed E-state index contributed by atoms with van der Waals surface area (Å²) in [6.45, 7) is 0.587. The third-order valence-corrected chi connectivity index (χ3v) is 4.50. The van der Waals surface area contributed by atoms with Gasteiger partial charge in [-0.05, 0) is 25.0 Å². The van der Waals surface area contributed by atoms with Crippen LogP contribution in [0.15, 0.2) is 18.2 Å². The third kappa shape index (κ3) is 3.06. The topological polar surface area (TPSA) is 60.9 Å². The van der Waals surface area contributed by atoms with Crippen LogP contribution in [0.4, 0.5) is 14.5 Å². The third-order valence-electron chi connectivity index (χ3n) is 4.50. The quantitative estimate of drug-likeness (QED) is 0.912. The minimum Gasteiger partial charge on any atom is -0.394 e. The Kier molecular flexibility index (Phi) is 4.30. The zero-order valence-electron chi connectivity index (χ0n) is 12.5. The molecule has 0 radical (unpaired) electrons. The molecule has 3 rings (SSSR count). The number of halogens is 2. The first-order valence-electron chi connectivity index (χ1n) is 7.67. The van der Waals surface area contributed by atoms with Crippen molar-refractivity contribution < 1.29 is 23.5 Å². The number of aliphatic hydroxyl groups excluding tert-OH is 1. The van der Waals surface area contributed by atoms with Gasteiger partial charge in [0.2, 0.25) is 11.8 Å². The molecule has 1 unspecified atom stereocenters. The molecule has 2 fully saturated rings. The fraction of sp³-hybridized carbons (Fsp3) is 0.500. The number of nitrogens with zero attached hydrogens (tertiary/aromatic N) is 2. The predicted molar refractivity (Wildman–Crippen MR) is 78.6 cm³/mol. The molecule has 0 saturated carbocycles. The van der Waals surface area contributed by atoms with E-state index in [9.17, 15) is 23.5 Å². The first-order valence-corrected chi connectivity index (χ1v) is 7.67. The fourth-order valence-corrected chi connectivity index (χ4v) is 3.37. The molecule has 0 bridgehead atoms. The number of aliphatic hydroxyl groups is 1. The van der Waals surface area contributed by atoms with Crippen molar-refractivity contribution in [2.75, 3.05) is 24.6 Å². The highest BCUT2D eigenvalue weighted by Crippen LogP contribution is 2.29. The van der Waals surface area contributed by atoms with Gasteiger partial charge in [0.05, 0.1) is 18.6 Å². The summed E-state index contributed by atoms with van der Waals surface area (Å²) in [4.78, 5) is 27.6. The van der Waals surface area contributed by atoms with Gasteiger partial charge in [0.1, 0.15) is 11.6 Å². The summed E-state index contributed by atoms with van der Waals surface area (Å²) >= 11 is 0. The van der Waals surface area contributed by atoms with Gasteiger partial charge in [-0.25, -0.2) is 8.78 Å². The lowest BCUT2D eigenvalue weighted by Crippen LogP contribution is -2.42. The van der Waals surface area contributed by atoms with Crippen LogP contribution in [0.5, 0.6) is 0 Å². The molecule has 2 atom stereocenters. The molecule has 2 heterocycles. The summed E-state index contributed by atoms with van der Waals surface area (Å²) in [6, 6.07) is 2.71. The summed E-state index contributed by atoms with van der Waals surface area (Å²) in [7, 11) is 0. The number of likely N-dealkylation sites (tertiary alicyclic amines) is 1. The maximum absolute atomic E-state index is 13.3. The molecule has 1 N–H and O–H groups in total. The smallest absolute Gasteiger partial charge is 0.228 e. The zero-order chi connectivity index (χ0) is 16.6. The molecule has 23 heavy (non-hydrogen) atoms. The first-order chi connectivity index (χ1) is 11.0. The standard InChI is InChI=1S/C16H18F2N2O3/c17-11-5-12(18)7-14(6-11)20-8-10(4-15(20)22)16(23)19-3-1-2-13(19)9-21/h5-7,10,13,21H,1-4,8-9H2/t10?,13-/m1/s1. The SMILES string of the molecule is O=C1CC(C(=O)N2CCC[C@@H]2CO)CN1c1cc(F)cc(F)c1. The summed E-state index contributed by atoms with van der Waals surface area (Å²) in [5.74, 6) is -2.56. The largest absolute Gasteiger partial charge is 0.394 e. The lowest BCUT2D eigenvalue weighted by Gasteiger charge is -2.26. The fourth-order valence-electron chi connectivity index (χ4n) is 3.37. The highest BCUT2D eigenvalue weighted by atomic mass is 19.1. The summed E-state index contributed by atoms with van der Waals surface area (Å²) in [5.41, 5.74) is 0.128. The molecule has 0 aromatic heterocycles. The van der Waals surface area contributed by atoms with Crippen LogP contribution < -0.4 is 4.90 Å². The Bertz CT molecular complexity index is 618. The molecule has 5 nitrogen and oxygen atoms in total. The molecule has 1 aromatic rings. The van der Waals surface area contributed by atoms with E-state index in [1.165, 1.54) is 4.90 Å². The average molecular weight is 324 g/mol. The minimum atomic E-state index is -0.762. The van der Waals surface area contributed by atoms with Crippen LogP contribution in [-0.2, 0) is 9.59 Å². The summed E-state index contributed by atoms with van der Waals surface area (Å²) in [6.07, 6.45) is 1.60. The van der Waals surface area contributed by atoms with E-state index in [-0.39, 0.29) is 43.1 Å². The Balaban J connectivity index is 1.75. The van der Waals surface area contributed by atoms with Gasteiger partial charge < -0.3 is 14.9 Å². The van der Waals surface area contributed by atoms with Crippen molar-refractivity contribution in [3.8, 4) is 0 Å². The van der Waals surface area contributed by atoms with Crippen molar-refractivity contribution in [3.05, 3.63) is 29.8 Å². The molecule has 2 aliphatic heterocycles. The van der Waals surface area contributed by atoms with Crippen molar-refractivity contribution in [1.29, 1.82) is 0 Å². The van der Waals surface area contributed by atoms with Gasteiger partial charge in [0.25, 0.3) is 0 Å². The molecule has 0 spiro atoms. The number of hydrogen-bond acceptors (Lipinski definition) is 3. The van der Waals surface area contributed by atoms with Gasteiger partial charge in [-0.2, -0.15) is 0 Å².